The van der Waals surface area contributed by atoms with Crippen molar-refractivity contribution < 1.29 is 13.2 Å². The molecule has 3 heterocycles. The molecule has 2 aromatic rings. The Bertz CT molecular complexity index is 987. The molecule has 3 rings (SSSR count). The summed E-state index contributed by atoms with van der Waals surface area (Å²) in [5.74, 6) is 0.114. The van der Waals surface area contributed by atoms with Crippen LogP contribution in [0.25, 0.3) is 0 Å². The summed E-state index contributed by atoms with van der Waals surface area (Å²) >= 11 is 11.8. The summed E-state index contributed by atoms with van der Waals surface area (Å²) in [7, 11) is -1.93. The number of carbonyl (C=O) groups is 1. The average Bonchev–Trinajstić information content (AvgIpc) is 3.10. The summed E-state index contributed by atoms with van der Waals surface area (Å²) in [6.45, 7) is 1.74. The monoisotopic (exact) mass is 459 g/mol. The van der Waals surface area contributed by atoms with Crippen molar-refractivity contribution in [2.75, 3.05) is 31.5 Å². The first-order chi connectivity index (χ1) is 13.8. The molecule has 0 spiro atoms. The number of pyridine rings is 1. The molecule has 8 nitrogen and oxygen atoms in total. The summed E-state index contributed by atoms with van der Waals surface area (Å²) in [6, 6.07) is 3.00. The second kappa shape index (κ2) is 9.34. The zero-order valence-corrected chi connectivity index (χ0v) is 18.3. The van der Waals surface area contributed by atoms with Crippen molar-refractivity contribution >= 4 is 45.0 Å². The summed E-state index contributed by atoms with van der Waals surface area (Å²) in [6.07, 6.45) is 5.72. The van der Waals surface area contributed by atoms with Gasteiger partial charge in [-0.05, 0) is 25.0 Å². The average molecular weight is 460 g/mol. The van der Waals surface area contributed by atoms with Gasteiger partial charge in [0.1, 0.15) is 16.4 Å². The topological polar surface area (TPSA) is 96.3 Å². The van der Waals surface area contributed by atoms with Crippen LogP contribution >= 0.6 is 23.2 Å². The molecule has 0 saturated carbocycles. The van der Waals surface area contributed by atoms with Crippen LogP contribution in [0.1, 0.15) is 29.8 Å². The van der Waals surface area contributed by atoms with E-state index in [0.29, 0.717) is 42.0 Å². The number of nitrogens with one attached hydrogen (secondary N) is 2. The smallest absolute Gasteiger partial charge is 0.268 e. The van der Waals surface area contributed by atoms with E-state index < -0.39 is 10.0 Å². The van der Waals surface area contributed by atoms with Gasteiger partial charge in [0.15, 0.2) is 0 Å². The number of piperidine rings is 1. The SMILES string of the molecule is Cn1cc(S(=O)(=O)N2CCCCC2)cc1C(=O)NCCNc1ncc(Cl)cc1Cl. The molecule has 0 atom stereocenters. The number of hydrogen-bond acceptors (Lipinski definition) is 5. The Kier molecular flexibility index (Phi) is 7.05. The summed E-state index contributed by atoms with van der Waals surface area (Å²) in [4.78, 5) is 16.7. The molecule has 0 aromatic carbocycles. The predicted molar refractivity (Wildman–Crippen MR) is 113 cm³/mol. The van der Waals surface area contributed by atoms with Gasteiger partial charge in [-0.3, -0.25) is 4.79 Å². The first kappa shape index (κ1) is 21.9. The first-order valence-electron chi connectivity index (χ1n) is 9.28. The first-order valence-corrected chi connectivity index (χ1v) is 11.5. The number of halogens is 2. The molecule has 158 valence electrons. The number of aromatic nitrogens is 2. The van der Waals surface area contributed by atoms with Gasteiger partial charge in [0.2, 0.25) is 10.0 Å². The van der Waals surface area contributed by atoms with E-state index in [1.807, 2.05) is 0 Å². The largest absolute Gasteiger partial charge is 0.367 e. The van der Waals surface area contributed by atoms with E-state index in [0.717, 1.165) is 19.3 Å². The number of aryl methyl sites for hydroxylation is 1. The highest BCUT2D eigenvalue weighted by Gasteiger charge is 2.28. The lowest BCUT2D eigenvalue weighted by atomic mass is 10.2. The number of hydrogen-bond donors (Lipinski definition) is 2. The Hall–Kier alpha value is -1.81. The standard InChI is InChI=1S/C18H23Cl2N5O3S/c1-24-12-14(29(27,28)25-7-3-2-4-8-25)10-16(24)18(26)22-6-5-21-17-15(20)9-13(19)11-23-17/h9-12H,2-8H2,1H3,(H,21,23)(H,22,26). The molecule has 0 aliphatic carbocycles. The fourth-order valence-corrected chi connectivity index (χ4v) is 5.18. The van der Waals surface area contributed by atoms with Crippen molar-refractivity contribution in [2.24, 2.45) is 7.05 Å². The molecule has 2 N–H and O–H groups in total. The van der Waals surface area contributed by atoms with E-state index in [2.05, 4.69) is 15.6 Å². The molecule has 1 fully saturated rings. The highest BCUT2D eigenvalue weighted by atomic mass is 35.5. The molecule has 1 amide bonds. The molecular weight excluding hydrogens is 437 g/mol. The van der Waals surface area contributed by atoms with E-state index in [-0.39, 0.29) is 16.5 Å². The van der Waals surface area contributed by atoms with Crippen LogP contribution in [0.3, 0.4) is 0 Å². The second-order valence-corrected chi connectivity index (χ2v) is 9.58. The van der Waals surface area contributed by atoms with Crippen molar-refractivity contribution in [3.8, 4) is 0 Å². The lowest BCUT2D eigenvalue weighted by molar-refractivity contribution is 0.0947. The van der Waals surface area contributed by atoms with Crippen molar-refractivity contribution in [3.63, 3.8) is 0 Å². The molecule has 1 saturated heterocycles. The minimum Gasteiger partial charge on any atom is -0.367 e. The number of sulfonamides is 1. The van der Waals surface area contributed by atoms with Gasteiger partial charge < -0.3 is 15.2 Å². The maximum Gasteiger partial charge on any atom is 0.268 e. The highest BCUT2D eigenvalue weighted by Crippen LogP contribution is 2.23. The van der Waals surface area contributed by atoms with Crippen LogP contribution in [-0.4, -0.2) is 54.4 Å². The number of rotatable bonds is 7. The molecule has 11 heteroatoms. The third-order valence-electron chi connectivity index (χ3n) is 4.68. The number of nitrogens with zero attached hydrogens (tertiary/aromatic N) is 3. The van der Waals surface area contributed by atoms with Crippen LogP contribution in [0.15, 0.2) is 29.4 Å². The lowest BCUT2D eigenvalue weighted by Crippen LogP contribution is -2.35. The summed E-state index contributed by atoms with van der Waals surface area (Å²) in [5, 5.41) is 6.59. The quantitative estimate of drug-likeness (QED) is 0.620. The van der Waals surface area contributed by atoms with Crippen LogP contribution in [0.2, 0.25) is 10.0 Å². The highest BCUT2D eigenvalue weighted by molar-refractivity contribution is 7.89. The van der Waals surface area contributed by atoms with Crippen LogP contribution in [0, 0.1) is 0 Å². The zero-order valence-electron chi connectivity index (χ0n) is 16.0. The Morgan fingerprint density at radius 2 is 1.90 bits per heavy atom. The summed E-state index contributed by atoms with van der Waals surface area (Å²) in [5.41, 5.74) is 0.281. The maximum atomic E-state index is 12.8. The van der Waals surface area contributed by atoms with Crippen molar-refractivity contribution in [3.05, 3.63) is 40.3 Å². The Morgan fingerprint density at radius 3 is 2.59 bits per heavy atom. The summed E-state index contributed by atoms with van der Waals surface area (Å²) < 4.78 is 28.6. The normalized spacial score (nSPS) is 15.3. The molecule has 2 aromatic heterocycles. The van der Waals surface area contributed by atoms with Gasteiger partial charge in [0, 0.05) is 45.6 Å². The van der Waals surface area contributed by atoms with Crippen LogP contribution in [0.4, 0.5) is 5.82 Å². The van der Waals surface area contributed by atoms with E-state index in [1.165, 1.54) is 27.3 Å². The number of carbonyl (C=O) groups excluding carboxylic acids is 1. The number of amides is 1. The zero-order chi connectivity index (χ0) is 21.0. The minimum atomic E-state index is -3.58. The Balaban J connectivity index is 1.58. The van der Waals surface area contributed by atoms with Gasteiger partial charge in [0.25, 0.3) is 5.91 Å². The second-order valence-electron chi connectivity index (χ2n) is 6.80. The van der Waals surface area contributed by atoms with E-state index >= 15 is 0 Å². The van der Waals surface area contributed by atoms with Crippen LogP contribution in [-0.2, 0) is 17.1 Å². The van der Waals surface area contributed by atoms with Gasteiger partial charge >= 0.3 is 0 Å². The molecule has 0 radical (unpaired) electrons. The third-order valence-corrected chi connectivity index (χ3v) is 7.03. The molecular formula is C18H23Cl2N5O3S. The Labute approximate surface area is 180 Å². The number of anilines is 1. The lowest BCUT2D eigenvalue weighted by Gasteiger charge is -2.25. The van der Waals surface area contributed by atoms with Crippen molar-refractivity contribution in [1.29, 1.82) is 0 Å². The van der Waals surface area contributed by atoms with Crippen LogP contribution < -0.4 is 10.6 Å². The fourth-order valence-electron chi connectivity index (χ4n) is 3.15. The molecule has 0 unspecified atom stereocenters. The molecule has 29 heavy (non-hydrogen) atoms. The maximum absolute atomic E-state index is 12.8. The van der Waals surface area contributed by atoms with Gasteiger partial charge in [-0.2, -0.15) is 4.31 Å². The van der Waals surface area contributed by atoms with Crippen molar-refractivity contribution in [1.82, 2.24) is 19.2 Å². The van der Waals surface area contributed by atoms with E-state index in [4.69, 9.17) is 23.2 Å². The third kappa shape index (κ3) is 5.22. The van der Waals surface area contributed by atoms with Crippen LogP contribution in [0.5, 0.6) is 0 Å². The minimum absolute atomic E-state index is 0.141. The molecule has 1 aliphatic heterocycles. The predicted octanol–water partition coefficient (Wildman–Crippen LogP) is 2.74. The van der Waals surface area contributed by atoms with Gasteiger partial charge in [-0.1, -0.05) is 29.6 Å². The van der Waals surface area contributed by atoms with E-state index in [1.54, 1.807) is 13.1 Å². The van der Waals surface area contributed by atoms with E-state index in [9.17, 15) is 13.2 Å². The van der Waals surface area contributed by atoms with Gasteiger partial charge in [0.05, 0.1) is 10.0 Å². The van der Waals surface area contributed by atoms with Gasteiger partial charge in [-0.25, -0.2) is 13.4 Å². The fraction of sp³-hybridized carbons (Fsp3) is 0.444. The molecule has 1 aliphatic rings. The molecule has 0 bridgehead atoms. The van der Waals surface area contributed by atoms with Crippen molar-refractivity contribution in [2.45, 2.75) is 24.2 Å². The Morgan fingerprint density at radius 1 is 1.17 bits per heavy atom. The van der Waals surface area contributed by atoms with Gasteiger partial charge in [-0.15, -0.1) is 0 Å².